The molecule has 0 saturated heterocycles. The molecule has 1 aromatic heterocycles. The maximum absolute atomic E-state index is 11.2. The Labute approximate surface area is 105 Å². The highest BCUT2D eigenvalue weighted by molar-refractivity contribution is 7.99. The van der Waals surface area contributed by atoms with Crippen LogP contribution in [0.2, 0.25) is 0 Å². The van der Waals surface area contributed by atoms with Gasteiger partial charge in [0.25, 0.3) is 0 Å². The van der Waals surface area contributed by atoms with Gasteiger partial charge in [0, 0.05) is 12.5 Å². The maximum Gasteiger partial charge on any atom is 0.316 e. The van der Waals surface area contributed by atoms with E-state index in [-0.39, 0.29) is 11.7 Å². The van der Waals surface area contributed by atoms with Gasteiger partial charge in [0.1, 0.15) is 16.7 Å². The fourth-order valence-corrected chi connectivity index (χ4v) is 1.96. The minimum Gasteiger partial charge on any atom is -0.465 e. The summed E-state index contributed by atoms with van der Waals surface area (Å²) in [6, 6.07) is 1.67. The summed E-state index contributed by atoms with van der Waals surface area (Å²) in [5.41, 5.74) is 5.67. The van der Waals surface area contributed by atoms with Crippen LogP contribution in [0.5, 0.6) is 0 Å². The number of aromatic nitrogens is 2. The highest BCUT2D eigenvalue weighted by Gasteiger charge is 2.07. The van der Waals surface area contributed by atoms with Crippen molar-refractivity contribution in [1.29, 1.82) is 0 Å². The third kappa shape index (κ3) is 5.04. The van der Waals surface area contributed by atoms with Gasteiger partial charge in [0.15, 0.2) is 0 Å². The Balaban J connectivity index is 2.61. The molecule has 0 aliphatic carbocycles. The van der Waals surface area contributed by atoms with Gasteiger partial charge in [-0.15, -0.1) is 0 Å². The van der Waals surface area contributed by atoms with E-state index in [2.05, 4.69) is 16.9 Å². The van der Waals surface area contributed by atoms with Crippen LogP contribution in [0.3, 0.4) is 0 Å². The van der Waals surface area contributed by atoms with E-state index in [1.165, 1.54) is 11.8 Å². The molecule has 0 saturated carbocycles. The van der Waals surface area contributed by atoms with E-state index in [1.807, 2.05) is 0 Å². The lowest BCUT2D eigenvalue weighted by Gasteiger charge is -2.04. The molecular weight excluding hydrogens is 238 g/mol. The van der Waals surface area contributed by atoms with Crippen LogP contribution in [0.25, 0.3) is 0 Å². The molecule has 1 heterocycles. The number of nitrogens with zero attached hydrogens (tertiary/aromatic N) is 2. The predicted octanol–water partition coefficient (Wildman–Crippen LogP) is 1.67. The summed E-state index contributed by atoms with van der Waals surface area (Å²) in [5.74, 6) is 1.16. The monoisotopic (exact) mass is 255 g/mol. The highest BCUT2D eigenvalue weighted by Crippen LogP contribution is 2.18. The molecule has 94 valence electrons. The van der Waals surface area contributed by atoms with Crippen molar-refractivity contribution in [1.82, 2.24) is 9.97 Å². The first-order valence-corrected chi connectivity index (χ1v) is 6.56. The van der Waals surface area contributed by atoms with E-state index >= 15 is 0 Å². The summed E-state index contributed by atoms with van der Waals surface area (Å²) in [4.78, 5) is 19.6. The molecule has 0 aromatic carbocycles. The summed E-state index contributed by atoms with van der Waals surface area (Å²) in [6.45, 7) is 4.23. The molecule has 0 bridgehead atoms. The van der Waals surface area contributed by atoms with Crippen molar-refractivity contribution in [3.63, 3.8) is 0 Å². The fourth-order valence-electron chi connectivity index (χ4n) is 1.24. The number of anilines is 1. The highest BCUT2D eigenvalue weighted by atomic mass is 32.2. The quantitative estimate of drug-likeness (QED) is 0.473. The number of aryl methyl sites for hydroxylation is 1. The van der Waals surface area contributed by atoms with Crippen LogP contribution < -0.4 is 5.73 Å². The molecule has 0 spiro atoms. The number of nitrogen functional groups attached to an aromatic ring is 1. The second kappa shape index (κ2) is 7.11. The summed E-state index contributed by atoms with van der Waals surface area (Å²) in [6.07, 6.45) is 1.75. The summed E-state index contributed by atoms with van der Waals surface area (Å²) in [7, 11) is 0. The van der Waals surface area contributed by atoms with Crippen molar-refractivity contribution < 1.29 is 9.53 Å². The van der Waals surface area contributed by atoms with Gasteiger partial charge in [-0.25, -0.2) is 9.97 Å². The van der Waals surface area contributed by atoms with Crippen molar-refractivity contribution >= 4 is 23.5 Å². The second-order valence-electron chi connectivity index (χ2n) is 3.39. The number of hydrogen-bond donors (Lipinski definition) is 1. The van der Waals surface area contributed by atoms with Gasteiger partial charge < -0.3 is 10.5 Å². The fraction of sp³-hybridized carbons (Fsp3) is 0.545. The molecule has 0 atom stereocenters. The van der Waals surface area contributed by atoms with Gasteiger partial charge in [-0.2, -0.15) is 0 Å². The van der Waals surface area contributed by atoms with E-state index in [4.69, 9.17) is 10.5 Å². The van der Waals surface area contributed by atoms with Crippen LogP contribution in [0.1, 0.15) is 26.1 Å². The third-order valence-corrected chi connectivity index (χ3v) is 2.77. The molecule has 0 radical (unpaired) electrons. The van der Waals surface area contributed by atoms with Gasteiger partial charge >= 0.3 is 5.97 Å². The number of rotatable bonds is 6. The van der Waals surface area contributed by atoms with Crippen LogP contribution in [0.15, 0.2) is 11.1 Å². The molecule has 0 aliphatic heterocycles. The average Bonchev–Trinajstić information content (AvgIpc) is 2.26. The SMILES string of the molecule is CCCc1nc(N)cc(SCC(=O)OCC)n1. The number of carbonyl (C=O) groups excluding carboxylic acids is 1. The van der Waals surface area contributed by atoms with E-state index in [0.29, 0.717) is 17.5 Å². The van der Waals surface area contributed by atoms with Crippen molar-refractivity contribution in [2.24, 2.45) is 0 Å². The minimum absolute atomic E-state index is 0.244. The van der Waals surface area contributed by atoms with Crippen LogP contribution in [0.4, 0.5) is 5.82 Å². The Morgan fingerprint density at radius 1 is 1.47 bits per heavy atom. The first kappa shape index (κ1) is 13.8. The van der Waals surface area contributed by atoms with Crippen molar-refractivity contribution in [3.8, 4) is 0 Å². The number of ether oxygens (including phenoxy) is 1. The van der Waals surface area contributed by atoms with E-state index < -0.39 is 0 Å². The lowest BCUT2D eigenvalue weighted by atomic mass is 10.3. The minimum atomic E-state index is -0.244. The molecule has 1 rings (SSSR count). The first-order valence-electron chi connectivity index (χ1n) is 5.57. The van der Waals surface area contributed by atoms with Crippen molar-refractivity contribution in [2.45, 2.75) is 31.7 Å². The standard InChI is InChI=1S/C11H17N3O2S/c1-3-5-9-13-8(12)6-10(14-9)17-7-11(15)16-4-2/h6H,3-5,7H2,1-2H3,(H2,12,13,14). The van der Waals surface area contributed by atoms with Gasteiger partial charge in [0.05, 0.1) is 12.4 Å². The van der Waals surface area contributed by atoms with Crippen molar-refractivity contribution in [3.05, 3.63) is 11.9 Å². The molecule has 17 heavy (non-hydrogen) atoms. The van der Waals surface area contributed by atoms with E-state index in [9.17, 15) is 4.79 Å². The largest absolute Gasteiger partial charge is 0.465 e. The number of carbonyl (C=O) groups is 1. The first-order chi connectivity index (χ1) is 8.15. The lowest BCUT2D eigenvalue weighted by Crippen LogP contribution is -2.07. The number of nitrogens with two attached hydrogens (primary N) is 1. The lowest BCUT2D eigenvalue weighted by molar-refractivity contribution is -0.139. The molecule has 0 fully saturated rings. The predicted molar refractivity (Wildman–Crippen MR) is 67.8 cm³/mol. The summed E-state index contributed by atoms with van der Waals surface area (Å²) < 4.78 is 4.84. The molecule has 5 nitrogen and oxygen atoms in total. The van der Waals surface area contributed by atoms with Crippen LogP contribution in [-0.4, -0.2) is 28.3 Å². The summed E-state index contributed by atoms with van der Waals surface area (Å²) in [5, 5.41) is 0.717. The molecule has 1 aromatic rings. The van der Waals surface area contributed by atoms with Gasteiger partial charge in [-0.1, -0.05) is 18.7 Å². The van der Waals surface area contributed by atoms with E-state index in [1.54, 1.807) is 13.0 Å². The smallest absolute Gasteiger partial charge is 0.316 e. The van der Waals surface area contributed by atoms with Gasteiger partial charge in [-0.05, 0) is 13.3 Å². The number of hydrogen-bond acceptors (Lipinski definition) is 6. The zero-order chi connectivity index (χ0) is 12.7. The molecule has 2 N–H and O–H groups in total. The second-order valence-corrected chi connectivity index (χ2v) is 4.39. The Kier molecular flexibility index (Phi) is 5.76. The molecular formula is C11H17N3O2S. The third-order valence-electron chi connectivity index (χ3n) is 1.89. The van der Waals surface area contributed by atoms with Crippen LogP contribution >= 0.6 is 11.8 Å². The van der Waals surface area contributed by atoms with Crippen LogP contribution in [0, 0.1) is 0 Å². The van der Waals surface area contributed by atoms with E-state index in [0.717, 1.165) is 18.7 Å². The molecule has 0 aliphatic rings. The van der Waals surface area contributed by atoms with Gasteiger partial charge in [0.2, 0.25) is 0 Å². The van der Waals surface area contributed by atoms with Gasteiger partial charge in [-0.3, -0.25) is 4.79 Å². The zero-order valence-electron chi connectivity index (χ0n) is 10.1. The molecule has 0 amide bonds. The normalized spacial score (nSPS) is 10.2. The Hall–Kier alpha value is -1.30. The topological polar surface area (TPSA) is 78.1 Å². The van der Waals surface area contributed by atoms with Crippen LogP contribution in [-0.2, 0) is 16.0 Å². The number of esters is 1. The molecule has 0 unspecified atom stereocenters. The molecule has 6 heteroatoms. The Morgan fingerprint density at radius 2 is 2.24 bits per heavy atom. The summed E-state index contributed by atoms with van der Waals surface area (Å²) >= 11 is 1.32. The zero-order valence-corrected chi connectivity index (χ0v) is 10.9. The average molecular weight is 255 g/mol. The Morgan fingerprint density at radius 3 is 2.88 bits per heavy atom. The number of thioether (sulfide) groups is 1. The Bertz CT molecular complexity index is 385. The maximum atomic E-state index is 11.2. The van der Waals surface area contributed by atoms with Crippen molar-refractivity contribution in [2.75, 3.05) is 18.1 Å².